The summed E-state index contributed by atoms with van der Waals surface area (Å²) < 4.78 is 1.91. The van der Waals surface area contributed by atoms with Crippen molar-refractivity contribution in [2.24, 2.45) is 7.05 Å². The van der Waals surface area contributed by atoms with Gasteiger partial charge in [-0.05, 0) is 18.1 Å². The zero-order chi connectivity index (χ0) is 15.9. The molecule has 118 valence electrons. The molecule has 2 saturated heterocycles. The second-order valence-corrected chi connectivity index (χ2v) is 5.89. The van der Waals surface area contributed by atoms with E-state index in [-0.39, 0.29) is 18.5 Å². The third-order valence-electron chi connectivity index (χ3n) is 4.26. The molecular formula is C14H19N5O3. The van der Waals surface area contributed by atoms with E-state index in [0.29, 0.717) is 19.5 Å². The van der Waals surface area contributed by atoms with Gasteiger partial charge in [0.2, 0.25) is 0 Å². The van der Waals surface area contributed by atoms with Gasteiger partial charge in [0.25, 0.3) is 5.91 Å². The Morgan fingerprint density at radius 1 is 1.41 bits per heavy atom. The predicted molar refractivity (Wildman–Crippen MR) is 77.9 cm³/mol. The molecular weight excluding hydrogens is 286 g/mol. The van der Waals surface area contributed by atoms with Crippen LogP contribution < -0.4 is 10.6 Å². The number of carbonyl (C=O) groups excluding carboxylic acids is 3. The number of imide groups is 1. The van der Waals surface area contributed by atoms with Crippen molar-refractivity contribution in [2.75, 3.05) is 20.1 Å². The monoisotopic (exact) mass is 305 g/mol. The van der Waals surface area contributed by atoms with Crippen LogP contribution in [0.3, 0.4) is 0 Å². The number of aryl methyl sites for hydroxylation is 1. The number of nitrogens with zero attached hydrogens (tertiary/aromatic N) is 3. The van der Waals surface area contributed by atoms with E-state index in [1.807, 2.05) is 30.1 Å². The van der Waals surface area contributed by atoms with Crippen molar-refractivity contribution in [1.82, 2.24) is 25.0 Å². The van der Waals surface area contributed by atoms with Gasteiger partial charge in [0.1, 0.15) is 5.54 Å². The minimum Gasteiger partial charge on any atom is -0.357 e. The fourth-order valence-corrected chi connectivity index (χ4v) is 2.97. The molecule has 8 nitrogen and oxygen atoms in total. The van der Waals surface area contributed by atoms with Crippen LogP contribution in [0.4, 0.5) is 9.59 Å². The summed E-state index contributed by atoms with van der Waals surface area (Å²) in [7, 11) is 3.37. The first-order valence-corrected chi connectivity index (χ1v) is 7.15. The summed E-state index contributed by atoms with van der Waals surface area (Å²) in [6.45, 7) is 1.09. The minimum atomic E-state index is -0.948. The lowest BCUT2D eigenvalue weighted by atomic mass is 9.99. The van der Waals surface area contributed by atoms with E-state index in [2.05, 4.69) is 10.6 Å². The number of amides is 5. The van der Waals surface area contributed by atoms with Crippen LogP contribution in [0.2, 0.25) is 0 Å². The highest BCUT2D eigenvalue weighted by Gasteiger charge is 2.54. The predicted octanol–water partition coefficient (Wildman–Crippen LogP) is -0.139. The molecule has 1 atom stereocenters. The Labute approximate surface area is 128 Å². The van der Waals surface area contributed by atoms with Crippen LogP contribution in [-0.4, -0.2) is 58.0 Å². The van der Waals surface area contributed by atoms with E-state index in [9.17, 15) is 14.4 Å². The first kappa shape index (κ1) is 14.4. The molecule has 0 aliphatic carbocycles. The van der Waals surface area contributed by atoms with Gasteiger partial charge >= 0.3 is 12.1 Å². The summed E-state index contributed by atoms with van der Waals surface area (Å²) >= 11 is 0. The first-order valence-electron chi connectivity index (χ1n) is 7.15. The second-order valence-electron chi connectivity index (χ2n) is 5.89. The van der Waals surface area contributed by atoms with Crippen molar-refractivity contribution in [2.45, 2.75) is 18.5 Å². The van der Waals surface area contributed by atoms with E-state index in [1.54, 1.807) is 4.90 Å². The van der Waals surface area contributed by atoms with Gasteiger partial charge in [-0.3, -0.25) is 9.69 Å². The van der Waals surface area contributed by atoms with Crippen molar-refractivity contribution in [3.05, 3.63) is 24.0 Å². The number of hydrogen-bond acceptors (Lipinski definition) is 3. The topological polar surface area (TPSA) is 86.7 Å². The molecule has 3 heterocycles. The first-order chi connectivity index (χ1) is 10.4. The maximum atomic E-state index is 12.2. The van der Waals surface area contributed by atoms with E-state index in [1.165, 1.54) is 7.05 Å². The van der Waals surface area contributed by atoms with Gasteiger partial charge in [0, 0.05) is 39.6 Å². The van der Waals surface area contributed by atoms with Gasteiger partial charge in [0.15, 0.2) is 0 Å². The largest absolute Gasteiger partial charge is 0.357 e. The molecule has 0 saturated carbocycles. The van der Waals surface area contributed by atoms with E-state index < -0.39 is 11.6 Å². The van der Waals surface area contributed by atoms with Crippen molar-refractivity contribution in [3.8, 4) is 0 Å². The van der Waals surface area contributed by atoms with Crippen molar-refractivity contribution >= 4 is 18.0 Å². The summed E-state index contributed by atoms with van der Waals surface area (Å²) in [5.41, 5.74) is 0.0605. The normalized spacial score (nSPS) is 24.3. The van der Waals surface area contributed by atoms with Gasteiger partial charge in [-0.15, -0.1) is 0 Å². The molecule has 8 heteroatoms. The van der Waals surface area contributed by atoms with E-state index in [4.69, 9.17) is 0 Å². The summed E-state index contributed by atoms with van der Waals surface area (Å²) in [4.78, 5) is 38.6. The maximum absolute atomic E-state index is 12.2. The average molecular weight is 305 g/mol. The number of rotatable bonds is 2. The van der Waals surface area contributed by atoms with Crippen LogP contribution in [0.25, 0.3) is 0 Å². The standard InChI is InChI=1S/C14H19N5O3/c1-17-5-3-10(8-17)7-15-12(21)19-6-4-14(9-19)11(20)18(2)13(22)16-14/h3,5,8H,4,6-7,9H2,1-2H3,(H,15,21)(H,16,22). The smallest absolute Gasteiger partial charge is 0.324 e. The molecule has 0 radical (unpaired) electrons. The lowest BCUT2D eigenvalue weighted by molar-refractivity contribution is -0.129. The van der Waals surface area contributed by atoms with Crippen LogP contribution in [0.1, 0.15) is 12.0 Å². The molecule has 1 aromatic rings. The number of hydrogen-bond donors (Lipinski definition) is 2. The SMILES string of the molecule is CN1C(=O)NC2(CCN(C(=O)NCc3ccn(C)c3)C2)C1=O. The highest BCUT2D eigenvalue weighted by molar-refractivity contribution is 6.07. The lowest BCUT2D eigenvalue weighted by Gasteiger charge is -2.21. The fraction of sp³-hybridized carbons (Fsp3) is 0.500. The fourth-order valence-electron chi connectivity index (χ4n) is 2.97. The summed E-state index contributed by atoms with van der Waals surface area (Å²) in [6, 6.07) is 1.30. The number of urea groups is 2. The molecule has 1 aromatic heterocycles. The Hall–Kier alpha value is -2.51. The molecule has 2 fully saturated rings. The van der Waals surface area contributed by atoms with Crippen LogP contribution in [0.5, 0.6) is 0 Å². The number of nitrogens with one attached hydrogen (secondary N) is 2. The zero-order valence-corrected chi connectivity index (χ0v) is 12.6. The summed E-state index contributed by atoms with van der Waals surface area (Å²) in [5.74, 6) is -0.268. The molecule has 22 heavy (non-hydrogen) atoms. The highest BCUT2D eigenvalue weighted by Crippen LogP contribution is 2.27. The molecule has 0 bridgehead atoms. The Balaban J connectivity index is 1.59. The van der Waals surface area contributed by atoms with Crippen LogP contribution >= 0.6 is 0 Å². The van der Waals surface area contributed by atoms with Crippen molar-refractivity contribution in [1.29, 1.82) is 0 Å². The number of aromatic nitrogens is 1. The van der Waals surface area contributed by atoms with E-state index >= 15 is 0 Å². The number of carbonyl (C=O) groups is 3. The van der Waals surface area contributed by atoms with Crippen LogP contribution in [0, 0.1) is 0 Å². The summed E-state index contributed by atoms with van der Waals surface area (Å²) in [5, 5.41) is 5.54. The van der Waals surface area contributed by atoms with Gasteiger partial charge < -0.3 is 20.1 Å². The molecule has 1 spiro atoms. The molecule has 2 aliphatic rings. The quantitative estimate of drug-likeness (QED) is 0.746. The van der Waals surface area contributed by atoms with Crippen molar-refractivity contribution in [3.63, 3.8) is 0 Å². The summed E-state index contributed by atoms with van der Waals surface area (Å²) in [6.07, 6.45) is 4.29. The van der Waals surface area contributed by atoms with Crippen LogP contribution in [0.15, 0.2) is 18.5 Å². The number of likely N-dealkylation sites (N-methyl/N-ethyl adjacent to an activating group) is 1. The van der Waals surface area contributed by atoms with Crippen molar-refractivity contribution < 1.29 is 14.4 Å². The van der Waals surface area contributed by atoms with Gasteiger partial charge in [-0.2, -0.15) is 0 Å². The van der Waals surface area contributed by atoms with Crippen LogP contribution in [-0.2, 0) is 18.4 Å². The number of likely N-dealkylation sites (tertiary alicyclic amines) is 1. The lowest BCUT2D eigenvalue weighted by Crippen LogP contribution is -2.50. The third kappa shape index (κ3) is 2.30. The maximum Gasteiger partial charge on any atom is 0.324 e. The Kier molecular flexibility index (Phi) is 3.31. The molecule has 3 rings (SSSR count). The molecule has 1 unspecified atom stereocenters. The Morgan fingerprint density at radius 3 is 2.77 bits per heavy atom. The zero-order valence-electron chi connectivity index (χ0n) is 12.6. The Bertz CT molecular complexity index is 640. The average Bonchev–Trinajstić information content (AvgIpc) is 3.14. The molecule has 5 amide bonds. The third-order valence-corrected chi connectivity index (χ3v) is 4.26. The minimum absolute atomic E-state index is 0.211. The van der Waals surface area contributed by atoms with Gasteiger partial charge in [-0.1, -0.05) is 0 Å². The van der Waals surface area contributed by atoms with Gasteiger partial charge in [0.05, 0.1) is 6.54 Å². The molecule has 2 N–H and O–H groups in total. The highest BCUT2D eigenvalue weighted by atomic mass is 16.2. The molecule has 0 aromatic carbocycles. The Morgan fingerprint density at radius 2 is 2.18 bits per heavy atom. The molecule has 2 aliphatic heterocycles. The van der Waals surface area contributed by atoms with Gasteiger partial charge in [-0.25, -0.2) is 9.59 Å². The second kappa shape index (κ2) is 5.04. The van der Waals surface area contributed by atoms with E-state index in [0.717, 1.165) is 10.5 Å².